The number of anilines is 1. The van der Waals surface area contributed by atoms with Gasteiger partial charge in [-0.1, -0.05) is 66.7 Å². The van der Waals surface area contributed by atoms with Crippen LogP contribution in [0, 0.1) is 0 Å². The average Bonchev–Trinajstić information content (AvgIpc) is 2.73. The van der Waals surface area contributed by atoms with Gasteiger partial charge in [-0.25, -0.2) is 0 Å². The van der Waals surface area contributed by atoms with E-state index in [2.05, 4.69) is 97.6 Å². The Morgan fingerprint density at radius 1 is 0.741 bits per heavy atom. The lowest BCUT2D eigenvalue weighted by atomic mass is 9.81. The number of fused-ring (bicyclic) bond motifs is 2. The van der Waals surface area contributed by atoms with Crippen molar-refractivity contribution in [3.05, 3.63) is 107 Å². The van der Waals surface area contributed by atoms with Gasteiger partial charge in [0.15, 0.2) is 0 Å². The molecule has 0 radical (unpaired) electrons. The van der Waals surface area contributed by atoms with Gasteiger partial charge in [0.1, 0.15) is 0 Å². The molecule has 136 valence electrons. The summed E-state index contributed by atoms with van der Waals surface area (Å²) in [5.41, 5.74) is 9.68. The minimum atomic E-state index is 0.955. The molecule has 0 atom stereocenters. The maximum Gasteiger partial charge on any atom is 0.0366 e. The highest BCUT2D eigenvalue weighted by atomic mass is 15.1. The van der Waals surface area contributed by atoms with Crippen LogP contribution >= 0.6 is 0 Å². The first-order chi connectivity index (χ1) is 13.3. The van der Waals surface area contributed by atoms with Crippen molar-refractivity contribution in [1.29, 1.82) is 0 Å². The third kappa shape index (κ3) is 3.55. The van der Waals surface area contributed by atoms with E-state index in [1.807, 2.05) is 0 Å². The second kappa shape index (κ2) is 7.84. The Balaban J connectivity index is 1.65. The van der Waals surface area contributed by atoms with E-state index in [9.17, 15) is 0 Å². The predicted molar refractivity (Wildman–Crippen MR) is 116 cm³/mol. The molecule has 0 bridgehead atoms. The Bertz CT molecular complexity index is 898. The van der Waals surface area contributed by atoms with E-state index < -0.39 is 0 Å². The summed E-state index contributed by atoms with van der Waals surface area (Å²) in [6.07, 6.45) is 4.39. The highest BCUT2D eigenvalue weighted by Crippen LogP contribution is 2.35. The zero-order chi connectivity index (χ0) is 18.6. The molecule has 1 aliphatic rings. The smallest absolute Gasteiger partial charge is 0.0366 e. The molecule has 0 fully saturated rings. The van der Waals surface area contributed by atoms with E-state index in [0.717, 1.165) is 25.9 Å². The van der Waals surface area contributed by atoms with E-state index >= 15 is 0 Å². The van der Waals surface area contributed by atoms with Gasteiger partial charge in [0.05, 0.1) is 0 Å². The molecular weight excluding hydrogens is 326 g/mol. The Morgan fingerprint density at radius 2 is 1.30 bits per heavy atom. The summed E-state index contributed by atoms with van der Waals surface area (Å²) in [5, 5.41) is 0. The minimum absolute atomic E-state index is 0.955. The van der Waals surface area contributed by atoms with Gasteiger partial charge in [-0.05, 0) is 72.2 Å². The maximum atomic E-state index is 2.41. The Morgan fingerprint density at radius 3 is 1.85 bits per heavy atom. The van der Waals surface area contributed by atoms with E-state index in [1.165, 1.54) is 39.1 Å². The first-order valence-electron chi connectivity index (χ1n) is 10.0. The molecule has 3 aromatic carbocycles. The van der Waals surface area contributed by atoms with Crippen molar-refractivity contribution in [2.45, 2.75) is 26.7 Å². The van der Waals surface area contributed by atoms with Crippen LogP contribution in [0.2, 0.25) is 0 Å². The first kappa shape index (κ1) is 17.6. The van der Waals surface area contributed by atoms with Gasteiger partial charge in [-0.15, -0.1) is 0 Å². The molecule has 27 heavy (non-hydrogen) atoms. The van der Waals surface area contributed by atoms with E-state index in [1.54, 1.807) is 0 Å². The fourth-order valence-corrected chi connectivity index (χ4v) is 4.10. The average molecular weight is 354 g/mol. The van der Waals surface area contributed by atoms with Gasteiger partial charge in [0.2, 0.25) is 0 Å². The van der Waals surface area contributed by atoms with Crippen LogP contribution in [-0.4, -0.2) is 13.1 Å². The minimum Gasteiger partial charge on any atom is -0.372 e. The monoisotopic (exact) mass is 353 g/mol. The van der Waals surface area contributed by atoms with Crippen molar-refractivity contribution in [1.82, 2.24) is 0 Å². The first-order valence-corrected chi connectivity index (χ1v) is 10.0. The van der Waals surface area contributed by atoms with Crippen molar-refractivity contribution >= 4 is 11.3 Å². The lowest BCUT2D eigenvalue weighted by Crippen LogP contribution is -2.21. The van der Waals surface area contributed by atoms with Gasteiger partial charge in [0, 0.05) is 18.8 Å². The quantitative estimate of drug-likeness (QED) is 0.418. The molecule has 1 aliphatic carbocycles. The number of benzene rings is 3. The summed E-state index contributed by atoms with van der Waals surface area (Å²) in [4.78, 5) is 2.38. The van der Waals surface area contributed by atoms with Gasteiger partial charge in [-0.2, -0.15) is 0 Å². The molecule has 0 heterocycles. The van der Waals surface area contributed by atoms with Gasteiger partial charge >= 0.3 is 0 Å². The van der Waals surface area contributed by atoms with E-state index in [4.69, 9.17) is 0 Å². The molecule has 1 nitrogen and oxygen atoms in total. The summed E-state index contributed by atoms with van der Waals surface area (Å²) in [6, 6.07) is 26.7. The van der Waals surface area contributed by atoms with Crippen LogP contribution < -0.4 is 4.90 Å². The molecule has 0 aliphatic heterocycles. The Kier molecular flexibility index (Phi) is 5.11. The fourth-order valence-electron chi connectivity index (χ4n) is 4.10. The maximum absolute atomic E-state index is 2.41. The van der Waals surface area contributed by atoms with Gasteiger partial charge in [-0.3, -0.25) is 0 Å². The molecule has 0 unspecified atom stereocenters. The number of hydrogen-bond acceptors (Lipinski definition) is 1. The largest absolute Gasteiger partial charge is 0.372 e. The number of rotatable bonds is 5. The van der Waals surface area contributed by atoms with Crippen molar-refractivity contribution < 1.29 is 0 Å². The van der Waals surface area contributed by atoms with Crippen LogP contribution in [0.1, 0.15) is 41.7 Å². The molecule has 0 amide bonds. The Hall–Kier alpha value is -2.80. The zero-order valence-electron chi connectivity index (χ0n) is 16.3. The topological polar surface area (TPSA) is 3.24 Å². The van der Waals surface area contributed by atoms with Crippen molar-refractivity contribution in [3.8, 4) is 0 Å². The molecule has 0 spiro atoms. The van der Waals surface area contributed by atoms with Crippen LogP contribution in [0.5, 0.6) is 0 Å². The molecule has 0 aromatic heterocycles. The summed E-state index contributed by atoms with van der Waals surface area (Å²) in [6.45, 7) is 6.51. The van der Waals surface area contributed by atoms with Crippen molar-refractivity contribution in [3.63, 3.8) is 0 Å². The van der Waals surface area contributed by atoms with Crippen molar-refractivity contribution in [2.75, 3.05) is 18.0 Å². The highest BCUT2D eigenvalue weighted by Gasteiger charge is 2.18. The SMILES string of the molecule is CCN(CC)c1ccc(CC=C2c3ccccc3Cc3ccccc32)cc1. The Labute approximate surface area is 163 Å². The number of nitrogens with zero attached hydrogens (tertiary/aromatic N) is 1. The van der Waals surface area contributed by atoms with Crippen LogP contribution in [-0.2, 0) is 12.8 Å². The van der Waals surface area contributed by atoms with Crippen LogP contribution in [0.3, 0.4) is 0 Å². The van der Waals surface area contributed by atoms with E-state index in [-0.39, 0.29) is 0 Å². The van der Waals surface area contributed by atoms with Crippen LogP contribution in [0.4, 0.5) is 5.69 Å². The van der Waals surface area contributed by atoms with E-state index in [0.29, 0.717) is 0 Å². The second-order valence-electron chi connectivity index (χ2n) is 7.15. The predicted octanol–water partition coefficient (Wildman–Crippen LogP) is 6.11. The third-order valence-corrected chi connectivity index (χ3v) is 5.60. The molecule has 0 saturated heterocycles. The standard InChI is InChI=1S/C26H27N/c1-3-27(4-2)23-16-13-20(14-17-23)15-18-26-24-11-7-5-9-21(24)19-22-10-6-8-12-25(22)26/h5-14,16-18H,3-4,15,19H2,1-2H3. The molecular formula is C26H27N. The normalized spacial score (nSPS) is 12.3. The number of hydrogen-bond donors (Lipinski definition) is 0. The van der Waals surface area contributed by atoms with Crippen molar-refractivity contribution in [2.24, 2.45) is 0 Å². The summed E-state index contributed by atoms with van der Waals surface area (Å²) in [7, 11) is 0. The second-order valence-corrected chi connectivity index (χ2v) is 7.15. The van der Waals surface area contributed by atoms with Gasteiger partial charge in [0.25, 0.3) is 0 Å². The third-order valence-electron chi connectivity index (χ3n) is 5.60. The highest BCUT2D eigenvalue weighted by molar-refractivity contribution is 5.85. The lowest BCUT2D eigenvalue weighted by molar-refractivity contribution is 0.866. The molecule has 4 rings (SSSR count). The number of allylic oxidation sites excluding steroid dienone is 1. The lowest BCUT2D eigenvalue weighted by Gasteiger charge is -2.23. The van der Waals surface area contributed by atoms with Crippen LogP contribution in [0.25, 0.3) is 5.57 Å². The fraction of sp³-hybridized carbons (Fsp3) is 0.231. The summed E-state index contributed by atoms with van der Waals surface area (Å²) < 4.78 is 0. The molecule has 0 N–H and O–H groups in total. The molecule has 1 heteroatoms. The van der Waals surface area contributed by atoms with Crippen LogP contribution in [0.15, 0.2) is 78.9 Å². The van der Waals surface area contributed by atoms with Gasteiger partial charge < -0.3 is 4.90 Å². The zero-order valence-corrected chi connectivity index (χ0v) is 16.3. The molecule has 3 aromatic rings. The molecule has 0 saturated carbocycles. The summed E-state index contributed by atoms with van der Waals surface area (Å²) >= 11 is 0. The summed E-state index contributed by atoms with van der Waals surface area (Å²) in [5.74, 6) is 0.